The Labute approximate surface area is 128 Å². The van der Waals surface area contributed by atoms with Gasteiger partial charge < -0.3 is 10.4 Å². The number of carbonyl (C=O) groups is 1. The Morgan fingerprint density at radius 1 is 1.24 bits per heavy atom. The van der Waals surface area contributed by atoms with E-state index in [0.29, 0.717) is 17.5 Å². The van der Waals surface area contributed by atoms with E-state index in [1.807, 2.05) is 24.3 Å². The predicted octanol–water partition coefficient (Wildman–Crippen LogP) is 3.88. The van der Waals surface area contributed by atoms with Gasteiger partial charge in [-0.2, -0.15) is 0 Å². The maximum Gasteiger partial charge on any atom is 0.346 e. The average Bonchev–Trinajstić information content (AvgIpc) is 3.37. The lowest BCUT2D eigenvalue weighted by molar-refractivity contribution is 0.0701. The lowest BCUT2D eigenvalue weighted by Crippen LogP contribution is -2.32. The highest BCUT2D eigenvalue weighted by Gasteiger charge is 2.41. The lowest BCUT2D eigenvalue weighted by atomic mass is 10.1. The first-order chi connectivity index (χ1) is 10.2. The van der Waals surface area contributed by atoms with Crippen LogP contribution in [0.5, 0.6) is 0 Å². The molecule has 0 saturated heterocycles. The number of benzene rings is 1. The summed E-state index contributed by atoms with van der Waals surface area (Å²) in [5, 5.41) is 14.2. The fourth-order valence-corrected chi connectivity index (χ4v) is 4.36. The normalized spacial score (nSPS) is 18.5. The van der Waals surface area contributed by atoms with Crippen molar-refractivity contribution in [3.05, 3.63) is 34.7 Å². The lowest BCUT2D eigenvalue weighted by Gasteiger charge is -2.17. The number of nitrogens with one attached hydrogen (secondary N) is 1. The van der Waals surface area contributed by atoms with Gasteiger partial charge in [-0.1, -0.05) is 18.2 Å². The van der Waals surface area contributed by atoms with E-state index < -0.39 is 5.97 Å². The quantitative estimate of drug-likeness (QED) is 0.851. The van der Waals surface area contributed by atoms with Crippen LogP contribution in [0.2, 0.25) is 0 Å². The second kappa shape index (κ2) is 5.11. The Morgan fingerprint density at radius 3 is 2.52 bits per heavy atom. The molecule has 0 unspecified atom stereocenters. The molecule has 1 aromatic heterocycles. The van der Waals surface area contributed by atoms with Gasteiger partial charge in [0.25, 0.3) is 0 Å². The maximum absolute atomic E-state index is 11.5. The van der Waals surface area contributed by atoms with Gasteiger partial charge in [-0.3, -0.25) is 0 Å². The van der Waals surface area contributed by atoms with Crippen LogP contribution in [0.25, 0.3) is 10.1 Å². The number of fused-ring (bicyclic) bond motifs is 1. The van der Waals surface area contributed by atoms with Crippen LogP contribution in [0.15, 0.2) is 24.3 Å². The van der Waals surface area contributed by atoms with Gasteiger partial charge in [-0.15, -0.1) is 11.3 Å². The zero-order valence-electron chi connectivity index (χ0n) is 11.8. The molecular formula is C17H19NO2S. The third kappa shape index (κ3) is 2.58. The van der Waals surface area contributed by atoms with Gasteiger partial charge in [0.05, 0.1) is 0 Å². The summed E-state index contributed by atoms with van der Waals surface area (Å²) in [6.45, 7) is 0.684. The van der Waals surface area contributed by atoms with Crippen molar-refractivity contribution in [2.75, 3.05) is 0 Å². The van der Waals surface area contributed by atoms with Crippen LogP contribution in [0, 0.1) is 11.8 Å². The number of thiophene rings is 1. The molecule has 2 saturated carbocycles. The zero-order valence-corrected chi connectivity index (χ0v) is 12.7. The van der Waals surface area contributed by atoms with Crippen LogP contribution in [0.1, 0.15) is 40.9 Å². The van der Waals surface area contributed by atoms with Crippen LogP contribution >= 0.6 is 11.3 Å². The fraction of sp³-hybridized carbons (Fsp3) is 0.471. The minimum atomic E-state index is -0.803. The molecule has 2 N–H and O–H groups in total. The predicted molar refractivity (Wildman–Crippen MR) is 84.9 cm³/mol. The molecule has 0 amide bonds. The van der Waals surface area contributed by atoms with E-state index in [9.17, 15) is 9.90 Å². The van der Waals surface area contributed by atoms with E-state index >= 15 is 0 Å². The number of carboxylic acids is 1. The Morgan fingerprint density at radius 2 is 1.90 bits per heavy atom. The van der Waals surface area contributed by atoms with E-state index in [4.69, 9.17) is 0 Å². The van der Waals surface area contributed by atoms with Crippen molar-refractivity contribution >= 4 is 27.4 Å². The van der Waals surface area contributed by atoms with Crippen LogP contribution in [0.4, 0.5) is 0 Å². The molecule has 3 nitrogen and oxygen atoms in total. The molecule has 110 valence electrons. The maximum atomic E-state index is 11.5. The van der Waals surface area contributed by atoms with Gasteiger partial charge in [0.2, 0.25) is 0 Å². The largest absolute Gasteiger partial charge is 0.477 e. The molecule has 4 rings (SSSR count). The standard InChI is InChI=1S/C17H19NO2S/c19-17(20)16-13(12-3-1-2-4-14(12)21-16)9-18-15(10-5-6-10)11-7-8-11/h1-4,10-11,15,18H,5-9H2,(H,19,20). The monoisotopic (exact) mass is 301 g/mol. The summed E-state index contributed by atoms with van der Waals surface area (Å²) in [4.78, 5) is 12.0. The fourth-order valence-electron chi connectivity index (χ4n) is 3.30. The highest BCUT2D eigenvalue weighted by atomic mass is 32.1. The summed E-state index contributed by atoms with van der Waals surface area (Å²) in [7, 11) is 0. The summed E-state index contributed by atoms with van der Waals surface area (Å²) in [5.74, 6) is 0.855. The zero-order chi connectivity index (χ0) is 14.4. The number of carboxylic acid groups (broad SMARTS) is 1. The molecule has 0 radical (unpaired) electrons. The van der Waals surface area contributed by atoms with Crippen molar-refractivity contribution in [2.24, 2.45) is 11.8 Å². The molecule has 1 aromatic carbocycles. The van der Waals surface area contributed by atoms with Gasteiger partial charge in [0, 0.05) is 17.3 Å². The van der Waals surface area contributed by atoms with Crippen molar-refractivity contribution in [3.8, 4) is 0 Å². The second-order valence-corrected chi connectivity index (χ2v) is 7.34. The first kappa shape index (κ1) is 13.3. The molecule has 0 spiro atoms. The summed E-state index contributed by atoms with van der Waals surface area (Å²) in [6.07, 6.45) is 5.35. The minimum absolute atomic E-state index is 0.494. The first-order valence-corrected chi connectivity index (χ1v) is 8.53. The molecule has 4 heteroatoms. The number of rotatable bonds is 6. The Hall–Kier alpha value is -1.39. The van der Waals surface area contributed by atoms with E-state index in [0.717, 1.165) is 27.5 Å². The van der Waals surface area contributed by atoms with E-state index in [-0.39, 0.29) is 0 Å². The molecule has 2 aliphatic rings. The molecule has 2 aromatic rings. The van der Waals surface area contributed by atoms with Gasteiger partial charge in [-0.25, -0.2) is 4.79 Å². The smallest absolute Gasteiger partial charge is 0.346 e. The molecule has 2 fully saturated rings. The molecule has 0 bridgehead atoms. The molecule has 2 aliphatic carbocycles. The van der Waals surface area contributed by atoms with Crippen LogP contribution in [-0.2, 0) is 6.54 Å². The summed E-state index contributed by atoms with van der Waals surface area (Å²) in [6, 6.07) is 8.61. The van der Waals surface area contributed by atoms with Gasteiger partial charge in [0.15, 0.2) is 0 Å². The third-order valence-corrected chi connectivity index (χ3v) is 5.87. The first-order valence-electron chi connectivity index (χ1n) is 7.71. The number of hydrogen-bond donors (Lipinski definition) is 2. The van der Waals surface area contributed by atoms with Crippen molar-refractivity contribution in [1.82, 2.24) is 5.32 Å². The van der Waals surface area contributed by atoms with E-state index in [1.54, 1.807) is 0 Å². The summed E-state index contributed by atoms with van der Waals surface area (Å²) < 4.78 is 1.07. The summed E-state index contributed by atoms with van der Waals surface area (Å²) >= 11 is 1.39. The van der Waals surface area contributed by atoms with Crippen molar-refractivity contribution in [1.29, 1.82) is 0 Å². The average molecular weight is 301 g/mol. The topological polar surface area (TPSA) is 49.3 Å². The Kier molecular flexibility index (Phi) is 3.23. The van der Waals surface area contributed by atoms with Crippen molar-refractivity contribution < 1.29 is 9.90 Å². The molecule has 1 heterocycles. The van der Waals surface area contributed by atoms with Crippen molar-refractivity contribution in [2.45, 2.75) is 38.3 Å². The Balaban J connectivity index is 1.62. The Bertz CT molecular complexity index is 673. The second-order valence-electron chi connectivity index (χ2n) is 6.29. The van der Waals surface area contributed by atoms with Crippen LogP contribution < -0.4 is 5.32 Å². The SMILES string of the molecule is O=C(O)c1sc2ccccc2c1CNC(C1CC1)C1CC1. The van der Waals surface area contributed by atoms with Crippen molar-refractivity contribution in [3.63, 3.8) is 0 Å². The van der Waals surface area contributed by atoms with E-state index in [2.05, 4.69) is 5.32 Å². The molecular weight excluding hydrogens is 282 g/mol. The molecule has 0 atom stereocenters. The van der Waals surface area contributed by atoms with Gasteiger partial charge >= 0.3 is 5.97 Å². The van der Waals surface area contributed by atoms with Gasteiger partial charge in [0.1, 0.15) is 4.88 Å². The number of hydrogen-bond acceptors (Lipinski definition) is 3. The third-order valence-electron chi connectivity index (χ3n) is 4.67. The van der Waals surface area contributed by atoms with E-state index in [1.165, 1.54) is 37.0 Å². The number of aromatic carboxylic acids is 1. The molecule has 0 aliphatic heterocycles. The highest BCUT2D eigenvalue weighted by Crippen LogP contribution is 2.44. The minimum Gasteiger partial charge on any atom is -0.477 e. The van der Waals surface area contributed by atoms with Gasteiger partial charge in [-0.05, 0) is 54.5 Å². The highest BCUT2D eigenvalue weighted by molar-refractivity contribution is 7.21. The summed E-state index contributed by atoms with van der Waals surface area (Å²) in [5.41, 5.74) is 0.967. The van der Waals surface area contributed by atoms with Crippen LogP contribution in [0.3, 0.4) is 0 Å². The van der Waals surface area contributed by atoms with Crippen LogP contribution in [-0.4, -0.2) is 17.1 Å². The molecule has 21 heavy (non-hydrogen) atoms.